The van der Waals surface area contributed by atoms with Crippen LogP contribution in [0.15, 0.2) is 69.8 Å². The molecule has 1 heterocycles. The van der Waals surface area contributed by atoms with Gasteiger partial charge in [0.15, 0.2) is 5.52 Å². The molecule has 0 saturated carbocycles. The monoisotopic (exact) mass is 411 g/mol. The highest BCUT2D eigenvalue weighted by Gasteiger charge is 2.14. The number of nitrogens with zero attached hydrogens (tertiary/aromatic N) is 3. The van der Waals surface area contributed by atoms with E-state index in [1.54, 1.807) is 12.1 Å². The normalized spacial score (nSPS) is 11.0. The van der Waals surface area contributed by atoms with Gasteiger partial charge in [-0.05, 0) is 63.4 Å². The van der Waals surface area contributed by atoms with Crippen molar-refractivity contribution in [3.8, 4) is 11.1 Å². The molecule has 0 unspecified atom stereocenters. The van der Waals surface area contributed by atoms with Crippen molar-refractivity contribution in [1.82, 2.24) is 10.3 Å². The zero-order valence-electron chi connectivity index (χ0n) is 14.0. The Morgan fingerprint density at radius 2 is 1.81 bits per heavy atom. The van der Waals surface area contributed by atoms with E-state index in [1.807, 2.05) is 31.3 Å². The average Bonchev–Trinajstić information content (AvgIpc) is 3.11. The highest BCUT2D eigenvalue weighted by Crippen LogP contribution is 2.32. The summed E-state index contributed by atoms with van der Waals surface area (Å²) in [6.45, 7) is 0.615. The first-order valence-corrected chi connectivity index (χ1v) is 8.87. The van der Waals surface area contributed by atoms with Crippen molar-refractivity contribution in [3.05, 3.63) is 76.5 Å². The molecule has 0 radical (unpaired) electrons. The molecule has 0 spiro atoms. The van der Waals surface area contributed by atoms with E-state index >= 15 is 0 Å². The van der Waals surface area contributed by atoms with Crippen molar-refractivity contribution in [2.45, 2.75) is 6.54 Å². The highest BCUT2D eigenvalue weighted by atomic mass is 79.9. The molecular weight excluding hydrogens is 397 g/mol. The third-order valence-corrected chi connectivity index (χ3v) is 4.74. The molecule has 0 aliphatic rings. The van der Waals surface area contributed by atoms with Gasteiger partial charge < -0.3 is 4.90 Å². The third-order valence-electron chi connectivity index (χ3n) is 4.24. The Kier molecular flexibility index (Phi) is 4.42. The summed E-state index contributed by atoms with van der Waals surface area (Å²) in [6.07, 6.45) is 0. The molecule has 4 rings (SSSR count). The van der Waals surface area contributed by atoms with Gasteiger partial charge in [-0.15, -0.1) is 0 Å². The fourth-order valence-electron chi connectivity index (χ4n) is 2.95. The SMILES string of the molecule is CN(Cc1ccc(F)cc1)c1cc(-c2cccc(Br)c2)cc2nonc12. The maximum Gasteiger partial charge on any atom is 0.158 e. The van der Waals surface area contributed by atoms with Crippen LogP contribution in [0.2, 0.25) is 0 Å². The van der Waals surface area contributed by atoms with E-state index in [4.69, 9.17) is 4.63 Å². The van der Waals surface area contributed by atoms with E-state index in [2.05, 4.69) is 43.3 Å². The van der Waals surface area contributed by atoms with E-state index in [-0.39, 0.29) is 5.82 Å². The molecule has 0 atom stereocenters. The maximum absolute atomic E-state index is 13.1. The van der Waals surface area contributed by atoms with Crippen LogP contribution in [-0.4, -0.2) is 17.4 Å². The van der Waals surface area contributed by atoms with Gasteiger partial charge in [0.2, 0.25) is 0 Å². The lowest BCUT2D eigenvalue weighted by atomic mass is 10.0. The van der Waals surface area contributed by atoms with E-state index in [0.717, 1.165) is 26.9 Å². The van der Waals surface area contributed by atoms with Gasteiger partial charge in [0.05, 0.1) is 5.69 Å². The van der Waals surface area contributed by atoms with Gasteiger partial charge in [0.1, 0.15) is 11.3 Å². The Balaban J connectivity index is 1.75. The number of fused-ring (bicyclic) bond motifs is 1. The van der Waals surface area contributed by atoms with Gasteiger partial charge in [-0.1, -0.05) is 40.2 Å². The first kappa shape index (κ1) is 16.7. The van der Waals surface area contributed by atoms with Gasteiger partial charge in [-0.3, -0.25) is 0 Å². The molecule has 4 nitrogen and oxygen atoms in total. The number of halogens is 2. The molecule has 0 aliphatic carbocycles. The predicted molar refractivity (Wildman–Crippen MR) is 103 cm³/mol. The molecule has 6 heteroatoms. The van der Waals surface area contributed by atoms with Crippen molar-refractivity contribution < 1.29 is 9.02 Å². The van der Waals surface area contributed by atoms with Gasteiger partial charge in [-0.25, -0.2) is 9.02 Å². The Morgan fingerprint density at radius 1 is 1.00 bits per heavy atom. The number of anilines is 1. The summed E-state index contributed by atoms with van der Waals surface area (Å²) >= 11 is 3.51. The minimum absolute atomic E-state index is 0.240. The standard InChI is InChI=1S/C20H15BrFN3O/c1-25(12-13-5-7-17(22)8-6-13)19-11-15(10-18-20(19)24-26-23-18)14-3-2-4-16(21)9-14/h2-11H,12H2,1H3. The van der Waals surface area contributed by atoms with Crippen LogP contribution >= 0.6 is 15.9 Å². The van der Waals surface area contributed by atoms with Crippen LogP contribution in [0.1, 0.15) is 5.56 Å². The average molecular weight is 412 g/mol. The zero-order chi connectivity index (χ0) is 18.1. The lowest BCUT2D eigenvalue weighted by molar-refractivity contribution is 0.315. The van der Waals surface area contributed by atoms with Crippen LogP contribution in [-0.2, 0) is 6.54 Å². The smallest absolute Gasteiger partial charge is 0.158 e. The van der Waals surface area contributed by atoms with Crippen molar-refractivity contribution in [3.63, 3.8) is 0 Å². The number of hydrogen-bond donors (Lipinski definition) is 0. The van der Waals surface area contributed by atoms with Crippen molar-refractivity contribution in [1.29, 1.82) is 0 Å². The predicted octanol–water partition coefficient (Wildman–Crippen LogP) is 5.43. The fourth-order valence-corrected chi connectivity index (χ4v) is 3.35. The topological polar surface area (TPSA) is 42.2 Å². The van der Waals surface area contributed by atoms with Crippen LogP contribution in [0, 0.1) is 5.82 Å². The summed E-state index contributed by atoms with van der Waals surface area (Å²) in [6, 6.07) is 18.6. The molecular formula is C20H15BrFN3O. The lowest BCUT2D eigenvalue weighted by Gasteiger charge is -2.20. The Hall–Kier alpha value is -2.73. The van der Waals surface area contributed by atoms with E-state index in [0.29, 0.717) is 17.6 Å². The molecule has 3 aromatic carbocycles. The summed E-state index contributed by atoms with van der Waals surface area (Å²) in [4.78, 5) is 2.06. The summed E-state index contributed by atoms with van der Waals surface area (Å²) in [7, 11) is 1.97. The molecule has 130 valence electrons. The summed E-state index contributed by atoms with van der Waals surface area (Å²) in [5, 5.41) is 8.07. The van der Waals surface area contributed by atoms with Crippen molar-refractivity contribution in [2.75, 3.05) is 11.9 Å². The Morgan fingerprint density at radius 3 is 2.58 bits per heavy atom. The molecule has 0 amide bonds. The van der Waals surface area contributed by atoms with Gasteiger partial charge >= 0.3 is 0 Å². The van der Waals surface area contributed by atoms with E-state index in [1.165, 1.54) is 12.1 Å². The van der Waals surface area contributed by atoms with Crippen LogP contribution in [0.4, 0.5) is 10.1 Å². The van der Waals surface area contributed by atoms with Crippen LogP contribution in [0.5, 0.6) is 0 Å². The first-order valence-electron chi connectivity index (χ1n) is 8.08. The van der Waals surface area contributed by atoms with Crippen LogP contribution < -0.4 is 4.90 Å². The van der Waals surface area contributed by atoms with Crippen LogP contribution in [0.25, 0.3) is 22.2 Å². The minimum Gasteiger partial charge on any atom is -0.368 e. The Bertz CT molecular complexity index is 1060. The number of benzene rings is 3. The number of hydrogen-bond acceptors (Lipinski definition) is 4. The van der Waals surface area contributed by atoms with E-state index < -0.39 is 0 Å². The highest BCUT2D eigenvalue weighted by molar-refractivity contribution is 9.10. The molecule has 0 bridgehead atoms. The molecule has 0 aliphatic heterocycles. The van der Waals surface area contributed by atoms with Gasteiger partial charge in [-0.2, -0.15) is 0 Å². The summed E-state index contributed by atoms with van der Waals surface area (Å²) < 4.78 is 19.1. The van der Waals surface area contributed by atoms with Crippen LogP contribution in [0.3, 0.4) is 0 Å². The lowest BCUT2D eigenvalue weighted by Crippen LogP contribution is -2.16. The van der Waals surface area contributed by atoms with Gasteiger partial charge in [0, 0.05) is 18.1 Å². The minimum atomic E-state index is -0.240. The zero-order valence-corrected chi connectivity index (χ0v) is 15.6. The van der Waals surface area contributed by atoms with Crippen molar-refractivity contribution >= 4 is 32.7 Å². The maximum atomic E-state index is 13.1. The molecule has 0 fully saturated rings. The molecule has 0 saturated heterocycles. The second kappa shape index (κ2) is 6.88. The largest absolute Gasteiger partial charge is 0.368 e. The quantitative estimate of drug-likeness (QED) is 0.449. The summed E-state index contributed by atoms with van der Waals surface area (Å²) in [5.41, 5.74) is 5.40. The molecule has 4 aromatic rings. The first-order chi connectivity index (χ1) is 12.6. The second-order valence-corrected chi connectivity index (χ2v) is 7.04. The number of rotatable bonds is 4. The Labute approximate surface area is 158 Å². The van der Waals surface area contributed by atoms with Gasteiger partial charge in [0.25, 0.3) is 0 Å². The molecule has 0 N–H and O–H groups in total. The number of aromatic nitrogens is 2. The molecule has 1 aromatic heterocycles. The summed E-state index contributed by atoms with van der Waals surface area (Å²) in [5.74, 6) is -0.240. The third kappa shape index (κ3) is 3.32. The van der Waals surface area contributed by atoms with Crippen molar-refractivity contribution in [2.24, 2.45) is 0 Å². The molecule has 26 heavy (non-hydrogen) atoms. The fraction of sp³-hybridized carbons (Fsp3) is 0.100. The second-order valence-electron chi connectivity index (χ2n) is 6.12. The van der Waals surface area contributed by atoms with E-state index in [9.17, 15) is 4.39 Å².